The SMILES string of the molecule is FC(F)(F)c1ccc(-c2nn3cc(C(F)(F)F)ccc3c2-c2ccnc(NCCN3CCCCC3)n2)cc1. The van der Waals surface area contributed by atoms with Gasteiger partial charge < -0.3 is 10.2 Å². The molecule has 0 radical (unpaired) electrons. The maximum absolute atomic E-state index is 13.4. The number of piperidine rings is 1. The predicted octanol–water partition coefficient (Wildman–Crippen LogP) is 6.39. The summed E-state index contributed by atoms with van der Waals surface area (Å²) in [6, 6.07) is 8.14. The first kappa shape index (κ1) is 26.0. The summed E-state index contributed by atoms with van der Waals surface area (Å²) in [6.07, 6.45) is -3.16. The molecule has 1 aliphatic rings. The standard InChI is InChI=1S/C26H24F6N6/c27-25(28,29)18-6-4-17(5-7-18)23-22(21-9-8-19(26(30,31)32)16-38(21)36-23)20-10-11-33-24(35-20)34-12-15-37-13-2-1-3-14-37/h4-11,16H,1-3,12-15H2,(H,33,34,35). The molecule has 0 aliphatic carbocycles. The molecule has 4 aromatic rings. The molecular formula is C26H24F6N6. The van der Waals surface area contributed by atoms with E-state index in [1.54, 1.807) is 6.07 Å². The number of alkyl halides is 6. The number of pyridine rings is 1. The van der Waals surface area contributed by atoms with E-state index in [1.807, 2.05) is 0 Å². The third kappa shape index (κ3) is 5.59. The van der Waals surface area contributed by atoms with Gasteiger partial charge in [-0.1, -0.05) is 18.6 Å². The Labute approximate surface area is 214 Å². The number of rotatable bonds is 6. The summed E-state index contributed by atoms with van der Waals surface area (Å²) in [5, 5.41) is 7.52. The number of halogens is 6. The highest BCUT2D eigenvalue weighted by Crippen LogP contribution is 2.38. The van der Waals surface area contributed by atoms with Crippen molar-refractivity contribution in [3.8, 4) is 22.5 Å². The molecule has 1 N–H and O–H groups in total. The lowest BCUT2D eigenvalue weighted by atomic mass is 10.0. The fraction of sp³-hybridized carbons (Fsp3) is 0.346. The van der Waals surface area contributed by atoms with E-state index in [4.69, 9.17) is 0 Å². The van der Waals surface area contributed by atoms with Gasteiger partial charge in [0.05, 0.1) is 27.9 Å². The molecule has 0 bridgehead atoms. The highest BCUT2D eigenvalue weighted by Gasteiger charge is 2.32. The molecule has 0 spiro atoms. The van der Waals surface area contributed by atoms with E-state index in [0.29, 0.717) is 34.8 Å². The molecule has 4 heterocycles. The van der Waals surface area contributed by atoms with Crippen LogP contribution in [-0.2, 0) is 12.4 Å². The van der Waals surface area contributed by atoms with Gasteiger partial charge in [0, 0.05) is 31.0 Å². The van der Waals surface area contributed by atoms with E-state index in [-0.39, 0.29) is 5.69 Å². The Kier molecular flexibility index (Phi) is 6.99. The van der Waals surface area contributed by atoms with Gasteiger partial charge in [0.1, 0.15) is 5.69 Å². The lowest BCUT2D eigenvalue weighted by molar-refractivity contribution is -0.138. The Hall–Kier alpha value is -3.67. The van der Waals surface area contributed by atoms with Crippen molar-refractivity contribution < 1.29 is 26.3 Å². The second-order valence-electron chi connectivity index (χ2n) is 9.14. The number of fused-ring (bicyclic) bond motifs is 1. The van der Waals surface area contributed by atoms with Crippen molar-refractivity contribution in [2.24, 2.45) is 0 Å². The molecule has 0 amide bonds. The maximum atomic E-state index is 13.4. The molecule has 12 heteroatoms. The predicted molar refractivity (Wildman–Crippen MR) is 130 cm³/mol. The highest BCUT2D eigenvalue weighted by molar-refractivity contribution is 5.91. The molecule has 1 aromatic carbocycles. The molecule has 38 heavy (non-hydrogen) atoms. The summed E-state index contributed by atoms with van der Waals surface area (Å²) in [5.41, 5.74) is -0.135. The summed E-state index contributed by atoms with van der Waals surface area (Å²) >= 11 is 0. The molecule has 1 fully saturated rings. The van der Waals surface area contributed by atoms with Crippen LogP contribution in [-0.4, -0.2) is 50.7 Å². The van der Waals surface area contributed by atoms with Crippen LogP contribution in [0.25, 0.3) is 28.0 Å². The zero-order valence-electron chi connectivity index (χ0n) is 20.1. The largest absolute Gasteiger partial charge is 0.417 e. The quantitative estimate of drug-likeness (QED) is 0.291. The van der Waals surface area contributed by atoms with E-state index < -0.39 is 23.5 Å². The van der Waals surface area contributed by atoms with Crippen molar-refractivity contribution in [3.63, 3.8) is 0 Å². The molecule has 1 aliphatic heterocycles. The Balaban J connectivity index is 1.52. The third-order valence-electron chi connectivity index (χ3n) is 6.51. The number of hydrogen-bond donors (Lipinski definition) is 1. The van der Waals surface area contributed by atoms with Gasteiger partial charge in [0.2, 0.25) is 5.95 Å². The van der Waals surface area contributed by atoms with Gasteiger partial charge in [-0.25, -0.2) is 14.5 Å². The molecule has 6 nitrogen and oxygen atoms in total. The van der Waals surface area contributed by atoms with Gasteiger partial charge in [-0.05, 0) is 56.3 Å². The van der Waals surface area contributed by atoms with Crippen LogP contribution in [0.15, 0.2) is 54.9 Å². The summed E-state index contributed by atoms with van der Waals surface area (Å²) in [5.74, 6) is 0.337. The number of benzene rings is 1. The Bertz CT molecular complexity index is 1400. The molecule has 0 unspecified atom stereocenters. The summed E-state index contributed by atoms with van der Waals surface area (Å²) in [7, 11) is 0. The van der Waals surface area contributed by atoms with Crippen LogP contribution >= 0.6 is 0 Å². The van der Waals surface area contributed by atoms with Gasteiger partial charge >= 0.3 is 12.4 Å². The van der Waals surface area contributed by atoms with Gasteiger partial charge in [-0.3, -0.25) is 0 Å². The van der Waals surface area contributed by atoms with Crippen LogP contribution < -0.4 is 5.32 Å². The first-order chi connectivity index (χ1) is 18.1. The van der Waals surface area contributed by atoms with E-state index >= 15 is 0 Å². The molecule has 1 saturated heterocycles. The number of nitrogens with zero attached hydrogens (tertiary/aromatic N) is 5. The van der Waals surface area contributed by atoms with E-state index in [1.165, 1.54) is 43.7 Å². The van der Waals surface area contributed by atoms with Crippen molar-refractivity contribution >= 4 is 11.5 Å². The van der Waals surface area contributed by atoms with E-state index in [0.717, 1.165) is 48.5 Å². The fourth-order valence-corrected chi connectivity index (χ4v) is 4.58. The molecular weight excluding hydrogens is 510 g/mol. The first-order valence-corrected chi connectivity index (χ1v) is 12.2. The average Bonchev–Trinajstić information content (AvgIpc) is 3.28. The Morgan fingerprint density at radius 2 is 1.50 bits per heavy atom. The van der Waals surface area contributed by atoms with Gasteiger partial charge in [-0.2, -0.15) is 31.4 Å². The topological polar surface area (TPSA) is 58.4 Å². The monoisotopic (exact) mass is 534 g/mol. The molecule has 0 atom stereocenters. The average molecular weight is 535 g/mol. The Morgan fingerprint density at radius 1 is 0.816 bits per heavy atom. The number of hydrogen-bond acceptors (Lipinski definition) is 5. The number of nitrogens with one attached hydrogen (secondary N) is 1. The van der Waals surface area contributed by atoms with Crippen molar-refractivity contribution in [1.82, 2.24) is 24.5 Å². The van der Waals surface area contributed by atoms with Crippen LogP contribution in [0.2, 0.25) is 0 Å². The summed E-state index contributed by atoms with van der Waals surface area (Å²) < 4.78 is 80.4. The fourth-order valence-electron chi connectivity index (χ4n) is 4.58. The first-order valence-electron chi connectivity index (χ1n) is 12.2. The van der Waals surface area contributed by atoms with Crippen molar-refractivity contribution in [2.75, 3.05) is 31.5 Å². The second kappa shape index (κ2) is 10.2. The van der Waals surface area contributed by atoms with Gasteiger partial charge in [-0.15, -0.1) is 0 Å². The number of likely N-dealkylation sites (tertiary alicyclic amines) is 1. The number of aromatic nitrogens is 4. The highest BCUT2D eigenvalue weighted by atomic mass is 19.4. The molecule has 200 valence electrons. The smallest absolute Gasteiger partial charge is 0.353 e. The lowest BCUT2D eigenvalue weighted by Gasteiger charge is -2.26. The lowest BCUT2D eigenvalue weighted by Crippen LogP contribution is -2.33. The molecule has 3 aromatic heterocycles. The second-order valence-corrected chi connectivity index (χ2v) is 9.14. The normalized spacial score (nSPS) is 15.2. The van der Waals surface area contributed by atoms with Gasteiger partial charge in [0.25, 0.3) is 0 Å². The molecule has 5 rings (SSSR count). The Morgan fingerprint density at radius 3 is 2.18 bits per heavy atom. The minimum Gasteiger partial charge on any atom is -0.353 e. The van der Waals surface area contributed by atoms with E-state index in [2.05, 4.69) is 25.3 Å². The van der Waals surface area contributed by atoms with Crippen LogP contribution in [0, 0.1) is 0 Å². The summed E-state index contributed by atoms with van der Waals surface area (Å²) in [4.78, 5) is 11.2. The minimum atomic E-state index is -4.59. The van der Waals surface area contributed by atoms with Gasteiger partial charge in [0.15, 0.2) is 0 Å². The van der Waals surface area contributed by atoms with Crippen LogP contribution in [0.4, 0.5) is 32.3 Å². The van der Waals surface area contributed by atoms with Crippen molar-refractivity contribution in [1.29, 1.82) is 0 Å². The zero-order chi connectivity index (χ0) is 26.9. The number of anilines is 1. The maximum Gasteiger partial charge on any atom is 0.417 e. The van der Waals surface area contributed by atoms with Crippen molar-refractivity contribution in [3.05, 3.63) is 66.0 Å². The summed E-state index contributed by atoms with van der Waals surface area (Å²) in [6.45, 7) is 3.52. The van der Waals surface area contributed by atoms with Crippen LogP contribution in [0.3, 0.4) is 0 Å². The van der Waals surface area contributed by atoms with E-state index in [9.17, 15) is 26.3 Å². The van der Waals surface area contributed by atoms with Crippen LogP contribution in [0.5, 0.6) is 0 Å². The van der Waals surface area contributed by atoms with Crippen LogP contribution in [0.1, 0.15) is 30.4 Å². The van der Waals surface area contributed by atoms with Crippen molar-refractivity contribution in [2.45, 2.75) is 31.6 Å². The third-order valence-corrected chi connectivity index (χ3v) is 6.51. The zero-order valence-corrected chi connectivity index (χ0v) is 20.1. The molecule has 0 saturated carbocycles. The minimum absolute atomic E-state index is 0.205.